The summed E-state index contributed by atoms with van der Waals surface area (Å²) in [5.41, 5.74) is 6.79. The minimum atomic E-state index is -0.0792. The van der Waals surface area contributed by atoms with Crippen LogP contribution in [0.3, 0.4) is 0 Å². The van der Waals surface area contributed by atoms with E-state index in [1.165, 1.54) is 13.0 Å². The first-order valence-electron chi connectivity index (χ1n) is 7.18. The van der Waals surface area contributed by atoms with Crippen molar-refractivity contribution in [3.05, 3.63) is 36.0 Å². The van der Waals surface area contributed by atoms with E-state index in [1.54, 1.807) is 24.4 Å². The first kappa shape index (κ1) is 15.9. The average Bonchev–Trinajstić information content (AvgIpc) is 2.53. The minimum Gasteiger partial charge on any atom is -0.507 e. The molecule has 2 aromatic rings. The topological polar surface area (TPSA) is 101 Å². The van der Waals surface area contributed by atoms with E-state index in [1.807, 2.05) is 6.92 Å². The minimum absolute atomic E-state index is 0.0346. The lowest BCUT2D eigenvalue weighted by Crippen LogP contribution is -2.28. The van der Waals surface area contributed by atoms with Gasteiger partial charge in [-0.05, 0) is 37.6 Å². The molecule has 0 radical (unpaired) electrons. The molecular formula is C16H20N4O2. The molecule has 1 aromatic carbocycles. The van der Waals surface area contributed by atoms with Gasteiger partial charge in [0.1, 0.15) is 11.6 Å². The Bertz CT molecular complexity index is 673. The van der Waals surface area contributed by atoms with E-state index < -0.39 is 0 Å². The van der Waals surface area contributed by atoms with Crippen LogP contribution in [0.4, 0.5) is 5.82 Å². The van der Waals surface area contributed by atoms with Gasteiger partial charge in [-0.1, -0.05) is 6.92 Å². The van der Waals surface area contributed by atoms with Gasteiger partial charge in [0.05, 0.1) is 5.56 Å². The van der Waals surface area contributed by atoms with Gasteiger partial charge in [-0.25, -0.2) is 9.97 Å². The zero-order valence-corrected chi connectivity index (χ0v) is 12.7. The molecule has 0 aliphatic carbocycles. The number of nitrogens with two attached hydrogens (primary N) is 1. The van der Waals surface area contributed by atoms with Crippen molar-refractivity contribution in [2.45, 2.75) is 26.3 Å². The van der Waals surface area contributed by atoms with E-state index in [4.69, 9.17) is 5.73 Å². The fraction of sp³-hybridized carbons (Fsp3) is 0.312. The molecule has 1 aromatic heterocycles. The van der Waals surface area contributed by atoms with Crippen LogP contribution in [0.25, 0.3) is 11.4 Å². The van der Waals surface area contributed by atoms with E-state index in [2.05, 4.69) is 15.3 Å². The molecule has 6 nitrogen and oxygen atoms in total. The van der Waals surface area contributed by atoms with Crippen molar-refractivity contribution in [1.29, 1.82) is 0 Å². The molecule has 0 amide bonds. The molecular weight excluding hydrogens is 280 g/mol. The molecule has 0 bridgehead atoms. The van der Waals surface area contributed by atoms with Crippen molar-refractivity contribution < 1.29 is 9.90 Å². The van der Waals surface area contributed by atoms with Crippen LogP contribution in [0.1, 0.15) is 30.6 Å². The second kappa shape index (κ2) is 7.00. The molecule has 1 atom stereocenters. The largest absolute Gasteiger partial charge is 0.507 e. The van der Waals surface area contributed by atoms with Crippen molar-refractivity contribution in [3.8, 4) is 17.1 Å². The highest BCUT2D eigenvalue weighted by Gasteiger charge is 2.11. The molecule has 1 heterocycles. The van der Waals surface area contributed by atoms with Crippen molar-refractivity contribution in [1.82, 2.24) is 9.97 Å². The lowest BCUT2D eigenvalue weighted by molar-refractivity contribution is 0.101. The average molecular weight is 300 g/mol. The molecule has 0 saturated heterocycles. The Kier molecular flexibility index (Phi) is 5.06. The molecule has 0 aliphatic rings. The highest BCUT2D eigenvalue weighted by atomic mass is 16.3. The Hall–Kier alpha value is -2.47. The zero-order chi connectivity index (χ0) is 16.1. The number of phenolic OH excluding ortho intramolecular Hbond substituents is 1. The lowest BCUT2D eigenvalue weighted by Gasteiger charge is -2.11. The summed E-state index contributed by atoms with van der Waals surface area (Å²) in [7, 11) is 0. The summed E-state index contributed by atoms with van der Waals surface area (Å²) in [4.78, 5) is 20.0. The highest BCUT2D eigenvalue weighted by molar-refractivity contribution is 5.95. The van der Waals surface area contributed by atoms with Crippen molar-refractivity contribution >= 4 is 11.6 Å². The van der Waals surface area contributed by atoms with Gasteiger partial charge in [0.2, 0.25) is 0 Å². The first-order valence-corrected chi connectivity index (χ1v) is 7.18. The summed E-state index contributed by atoms with van der Waals surface area (Å²) >= 11 is 0. The monoisotopic (exact) mass is 300 g/mol. The summed E-state index contributed by atoms with van der Waals surface area (Å²) < 4.78 is 0. The number of phenols is 1. The maximum atomic E-state index is 11.5. The van der Waals surface area contributed by atoms with Crippen LogP contribution >= 0.6 is 0 Å². The van der Waals surface area contributed by atoms with Gasteiger partial charge in [-0.15, -0.1) is 0 Å². The molecule has 0 aliphatic heterocycles. The molecule has 4 N–H and O–H groups in total. The van der Waals surface area contributed by atoms with Gasteiger partial charge in [0, 0.05) is 24.3 Å². The maximum Gasteiger partial charge on any atom is 0.165 e. The number of nitrogens with zero attached hydrogens (tertiary/aromatic N) is 2. The zero-order valence-electron chi connectivity index (χ0n) is 12.7. The van der Waals surface area contributed by atoms with Gasteiger partial charge < -0.3 is 16.2 Å². The number of benzene rings is 1. The number of ketones is 1. The van der Waals surface area contributed by atoms with Crippen LogP contribution in [0.2, 0.25) is 0 Å². The van der Waals surface area contributed by atoms with Gasteiger partial charge in [0.15, 0.2) is 11.6 Å². The van der Waals surface area contributed by atoms with Gasteiger partial charge in [-0.2, -0.15) is 0 Å². The number of hydrogen-bond donors (Lipinski definition) is 3. The fourth-order valence-electron chi connectivity index (χ4n) is 1.90. The van der Waals surface area contributed by atoms with E-state index >= 15 is 0 Å². The number of aromatic nitrogens is 2. The Balaban J connectivity index is 2.29. The summed E-state index contributed by atoms with van der Waals surface area (Å²) in [5.74, 6) is 0.939. The quantitative estimate of drug-likeness (QED) is 0.707. The van der Waals surface area contributed by atoms with Crippen LogP contribution in [-0.4, -0.2) is 33.4 Å². The molecule has 0 unspecified atom stereocenters. The van der Waals surface area contributed by atoms with E-state index in [-0.39, 0.29) is 17.6 Å². The summed E-state index contributed by atoms with van der Waals surface area (Å²) in [6, 6.07) is 6.42. The highest BCUT2D eigenvalue weighted by Crippen LogP contribution is 2.28. The van der Waals surface area contributed by atoms with Gasteiger partial charge in [-0.3, -0.25) is 4.79 Å². The Morgan fingerprint density at radius 3 is 2.86 bits per heavy atom. The third-order valence-electron chi connectivity index (χ3n) is 3.37. The van der Waals surface area contributed by atoms with Crippen LogP contribution in [0.15, 0.2) is 30.5 Å². The normalized spacial score (nSPS) is 12.0. The van der Waals surface area contributed by atoms with Crippen molar-refractivity contribution in [3.63, 3.8) is 0 Å². The number of nitrogens with one attached hydrogen (secondary N) is 1. The van der Waals surface area contributed by atoms with E-state index in [9.17, 15) is 9.90 Å². The van der Waals surface area contributed by atoms with E-state index in [0.717, 1.165) is 6.42 Å². The molecule has 0 fully saturated rings. The first-order chi connectivity index (χ1) is 10.5. The Morgan fingerprint density at radius 2 is 2.18 bits per heavy atom. The molecule has 22 heavy (non-hydrogen) atoms. The van der Waals surface area contributed by atoms with Gasteiger partial charge >= 0.3 is 0 Å². The SMILES string of the molecule is CC[C@@H](N)CNc1ccnc(-c2cc(C(C)=O)ccc2O)n1. The molecule has 2 rings (SSSR count). The number of rotatable bonds is 6. The molecule has 0 saturated carbocycles. The Morgan fingerprint density at radius 1 is 1.41 bits per heavy atom. The van der Waals surface area contributed by atoms with E-state index in [0.29, 0.717) is 29.3 Å². The van der Waals surface area contributed by atoms with Crippen molar-refractivity contribution in [2.24, 2.45) is 5.73 Å². The van der Waals surface area contributed by atoms with Crippen LogP contribution in [0, 0.1) is 0 Å². The summed E-state index contributed by atoms with van der Waals surface area (Å²) in [5, 5.41) is 13.1. The molecule has 6 heteroatoms. The molecule has 116 valence electrons. The van der Waals surface area contributed by atoms with Crippen LogP contribution < -0.4 is 11.1 Å². The third-order valence-corrected chi connectivity index (χ3v) is 3.37. The number of Topliss-reactive ketones (excluding diaryl/α,β-unsaturated/α-hetero) is 1. The third kappa shape index (κ3) is 3.79. The molecule has 0 spiro atoms. The smallest absolute Gasteiger partial charge is 0.165 e. The maximum absolute atomic E-state index is 11.5. The number of carbonyl (C=O) groups excluding carboxylic acids is 1. The lowest BCUT2D eigenvalue weighted by atomic mass is 10.1. The summed E-state index contributed by atoms with van der Waals surface area (Å²) in [6.07, 6.45) is 2.47. The number of carbonyl (C=O) groups is 1. The second-order valence-corrected chi connectivity index (χ2v) is 5.10. The van der Waals surface area contributed by atoms with Crippen LogP contribution in [-0.2, 0) is 0 Å². The predicted molar refractivity (Wildman–Crippen MR) is 85.9 cm³/mol. The van der Waals surface area contributed by atoms with Gasteiger partial charge in [0.25, 0.3) is 0 Å². The number of anilines is 1. The standard InChI is InChI=1S/C16H20N4O2/c1-3-12(17)9-19-15-6-7-18-16(20-15)13-8-11(10(2)21)4-5-14(13)22/h4-8,12,22H,3,9,17H2,1-2H3,(H,18,19,20)/t12-/m1/s1. The second-order valence-electron chi connectivity index (χ2n) is 5.10. The van der Waals surface area contributed by atoms with Crippen LogP contribution in [0.5, 0.6) is 5.75 Å². The fourth-order valence-corrected chi connectivity index (χ4v) is 1.90. The number of aromatic hydroxyl groups is 1. The summed E-state index contributed by atoms with van der Waals surface area (Å²) in [6.45, 7) is 4.09. The Labute approximate surface area is 129 Å². The predicted octanol–water partition coefficient (Wildman–Crippen LogP) is 2.20. The van der Waals surface area contributed by atoms with Crippen molar-refractivity contribution in [2.75, 3.05) is 11.9 Å². The number of hydrogen-bond acceptors (Lipinski definition) is 6.